The van der Waals surface area contributed by atoms with E-state index >= 15 is 0 Å². The van der Waals surface area contributed by atoms with Gasteiger partial charge in [0.1, 0.15) is 5.82 Å². The molecule has 1 aliphatic carbocycles. The van der Waals surface area contributed by atoms with Crippen molar-refractivity contribution in [3.8, 4) is 0 Å². The van der Waals surface area contributed by atoms with Crippen LogP contribution >= 0.6 is 0 Å². The van der Waals surface area contributed by atoms with Crippen LogP contribution in [0.15, 0.2) is 36.5 Å². The maximum Gasteiger partial charge on any atom is 0.416 e. The molecule has 26 heavy (non-hydrogen) atoms. The van der Waals surface area contributed by atoms with E-state index in [0.29, 0.717) is 17.3 Å². The Hall–Kier alpha value is -2.35. The molecule has 0 bridgehead atoms. The first-order valence-corrected chi connectivity index (χ1v) is 8.58. The van der Waals surface area contributed by atoms with Crippen molar-refractivity contribution < 1.29 is 18.3 Å². The summed E-state index contributed by atoms with van der Waals surface area (Å²) < 4.78 is 38.3. The smallest absolute Gasteiger partial charge is 0.393 e. The number of aromatic nitrogens is 2. The zero-order valence-corrected chi connectivity index (χ0v) is 14.1. The maximum absolute atomic E-state index is 12.8. The molecule has 0 atom stereocenters. The predicted molar refractivity (Wildman–Crippen MR) is 92.7 cm³/mol. The Balaban J connectivity index is 1.59. The maximum atomic E-state index is 12.8. The number of nitrogens with zero attached hydrogens (tertiary/aromatic N) is 2. The molecular weight excluding hydrogens is 345 g/mol. The molecule has 1 aliphatic rings. The summed E-state index contributed by atoms with van der Waals surface area (Å²) in [5.41, 5.74) is -0.143. The van der Waals surface area contributed by atoms with Crippen molar-refractivity contribution in [2.45, 2.75) is 50.6 Å². The molecule has 8 heteroatoms. The summed E-state index contributed by atoms with van der Waals surface area (Å²) in [7, 11) is 0. The van der Waals surface area contributed by atoms with Crippen LogP contribution in [-0.2, 0) is 12.7 Å². The van der Waals surface area contributed by atoms with Crippen LogP contribution in [-0.4, -0.2) is 27.2 Å². The van der Waals surface area contributed by atoms with Gasteiger partial charge in [0.15, 0.2) is 0 Å². The molecule has 2 aromatic rings. The quantitative estimate of drug-likeness (QED) is 0.750. The van der Waals surface area contributed by atoms with E-state index in [0.717, 1.165) is 37.8 Å². The van der Waals surface area contributed by atoms with Crippen molar-refractivity contribution >= 4 is 11.8 Å². The Morgan fingerprint density at radius 3 is 2.62 bits per heavy atom. The lowest BCUT2D eigenvalue weighted by molar-refractivity contribution is -0.137. The minimum atomic E-state index is -4.35. The minimum absolute atomic E-state index is 0.220. The minimum Gasteiger partial charge on any atom is -0.393 e. The highest BCUT2D eigenvalue weighted by Crippen LogP contribution is 2.29. The number of aliphatic hydroxyl groups is 1. The number of hydrogen-bond acceptors (Lipinski definition) is 5. The number of benzene rings is 1. The standard InChI is InChI=1S/C18H21F3N4O/c19-18(20,21)13-3-1-2-12(10-13)11-23-16-8-9-22-17(25-16)24-14-4-6-15(26)7-5-14/h1-3,8-10,14-15,26H,4-7,11H2,(H2,22,23,24,25). The topological polar surface area (TPSA) is 70.1 Å². The zero-order valence-electron chi connectivity index (χ0n) is 14.1. The fourth-order valence-corrected chi connectivity index (χ4v) is 2.98. The van der Waals surface area contributed by atoms with Crippen LogP contribution in [0.25, 0.3) is 0 Å². The molecule has 1 fully saturated rings. The summed E-state index contributed by atoms with van der Waals surface area (Å²) in [5, 5.41) is 15.8. The summed E-state index contributed by atoms with van der Waals surface area (Å²) in [6.07, 6.45) is 0.237. The zero-order chi connectivity index (χ0) is 18.6. The largest absolute Gasteiger partial charge is 0.416 e. The van der Waals surface area contributed by atoms with Gasteiger partial charge >= 0.3 is 6.18 Å². The summed E-state index contributed by atoms with van der Waals surface area (Å²) in [4.78, 5) is 8.53. The first-order valence-electron chi connectivity index (χ1n) is 8.58. The first kappa shape index (κ1) is 18.4. The Kier molecular flexibility index (Phi) is 5.61. The molecule has 0 aliphatic heterocycles. The normalized spacial score (nSPS) is 20.6. The van der Waals surface area contributed by atoms with Gasteiger partial charge in [-0.2, -0.15) is 18.2 Å². The molecular formula is C18H21F3N4O. The van der Waals surface area contributed by atoms with E-state index in [1.54, 1.807) is 18.3 Å². The number of alkyl halides is 3. The van der Waals surface area contributed by atoms with Crippen molar-refractivity contribution in [2.24, 2.45) is 0 Å². The van der Waals surface area contributed by atoms with Crippen molar-refractivity contribution in [3.63, 3.8) is 0 Å². The lowest BCUT2D eigenvalue weighted by Gasteiger charge is -2.26. The summed E-state index contributed by atoms with van der Waals surface area (Å²) in [6.45, 7) is 0.232. The third-order valence-corrected chi connectivity index (χ3v) is 4.41. The van der Waals surface area contributed by atoms with Gasteiger partial charge in [0.2, 0.25) is 5.95 Å². The molecule has 0 unspecified atom stereocenters. The van der Waals surface area contributed by atoms with Gasteiger partial charge in [-0.25, -0.2) is 4.98 Å². The molecule has 0 spiro atoms. The second-order valence-electron chi connectivity index (χ2n) is 6.47. The number of aliphatic hydroxyl groups excluding tert-OH is 1. The van der Waals surface area contributed by atoms with Crippen LogP contribution in [0, 0.1) is 0 Å². The lowest BCUT2D eigenvalue weighted by atomic mass is 9.93. The van der Waals surface area contributed by atoms with Gasteiger partial charge in [-0.15, -0.1) is 0 Å². The second kappa shape index (κ2) is 7.90. The molecule has 5 nitrogen and oxygen atoms in total. The van der Waals surface area contributed by atoms with Crippen LogP contribution in [0.2, 0.25) is 0 Å². The molecule has 1 heterocycles. The second-order valence-corrected chi connectivity index (χ2v) is 6.47. The molecule has 0 saturated heterocycles. The van der Waals surface area contributed by atoms with Gasteiger partial charge < -0.3 is 15.7 Å². The number of anilines is 2. The average Bonchev–Trinajstić information content (AvgIpc) is 2.62. The average molecular weight is 366 g/mol. The summed E-state index contributed by atoms with van der Waals surface area (Å²) in [5.74, 6) is 1.01. The van der Waals surface area contributed by atoms with E-state index in [1.165, 1.54) is 6.07 Å². The molecule has 1 saturated carbocycles. The Morgan fingerprint density at radius 1 is 1.12 bits per heavy atom. The highest BCUT2D eigenvalue weighted by atomic mass is 19.4. The van der Waals surface area contributed by atoms with Crippen LogP contribution in [0.3, 0.4) is 0 Å². The van der Waals surface area contributed by atoms with Crippen LogP contribution in [0.4, 0.5) is 24.9 Å². The van der Waals surface area contributed by atoms with Crippen LogP contribution in [0.5, 0.6) is 0 Å². The molecule has 3 N–H and O–H groups in total. The molecule has 3 rings (SSSR count). The molecule has 140 valence electrons. The van der Waals surface area contributed by atoms with Crippen molar-refractivity contribution in [1.29, 1.82) is 0 Å². The predicted octanol–water partition coefficient (Wildman–Crippen LogP) is 3.82. The number of halogens is 3. The Labute approximate surface area is 149 Å². The summed E-state index contributed by atoms with van der Waals surface area (Å²) in [6, 6.07) is 7.10. The molecule has 1 aromatic heterocycles. The number of nitrogens with one attached hydrogen (secondary N) is 2. The van der Waals surface area contributed by atoms with Crippen LogP contribution in [0.1, 0.15) is 36.8 Å². The fourth-order valence-electron chi connectivity index (χ4n) is 2.98. The summed E-state index contributed by atoms with van der Waals surface area (Å²) >= 11 is 0. The SMILES string of the molecule is OC1CCC(Nc2nccc(NCc3cccc(C(F)(F)F)c3)n2)CC1. The van der Waals surface area contributed by atoms with E-state index in [4.69, 9.17) is 0 Å². The van der Waals surface area contributed by atoms with E-state index < -0.39 is 11.7 Å². The molecule has 1 aromatic carbocycles. The van der Waals surface area contributed by atoms with E-state index in [2.05, 4.69) is 20.6 Å². The third kappa shape index (κ3) is 5.08. The highest BCUT2D eigenvalue weighted by Gasteiger charge is 2.30. The Morgan fingerprint density at radius 2 is 1.88 bits per heavy atom. The Bertz CT molecular complexity index is 730. The third-order valence-electron chi connectivity index (χ3n) is 4.41. The van der Waals surface area contributed by atoms with Crippen LogP contribution < -0.4 is 10.6 Å². The number of rotatable bonds is 5. The molecule has 0 radical (unpaired) electrons. The van der Waals surface area contributed by atoms with Gasteiger partial charge in [-0.05, 0) is 49.4 Å². The monoisotopic (exact) mass is 366 g/mol. The fraction of sp³-hybridized carbons (Fsp3) is 0.444. The van der Waals surface area contributed by atoms with Gasteiger partial charge in [0.05, 0.1) is 11.7 Å². The van der Waals surface area contributed by atoms with Crippen molar-refractivity contribution in [1.82, 2.24) is 9.97 Å². The molecule has 0 amide bonds. The van der Waals surface area contributed by atoms with E-state index in [-0.39, 0.29) is 18.7 Å². The number of hydrogen-bond donors (Lipinski definition) is 3. The first-order chi connectivity index (χ1) is 12.4. The van der Waals surface area contributed by atoms with Gasteiger partial charge in [0, 0.05) is 18.8 Å². The van der Waals surface area contributed by atoms with Gasteiger partial charge in [-0.3, -0.25) is 0 Å². The lowest BCUT2D eigenvalue weighted by Crippen LogP contribution is -2.29. The van der Waals surface area contributed by atoms with Crippen molar-refractivity contribution in [2.75, 3.05) is 10.6 Å². The van der Waals surface area contributed by atoms with Gasteiger partial charge in [0.25, 0.3) is 0 Å². The van der Waals surface area contributed by atoms with Crippen molar-refractivity contribution in [3.05, 3.63) is 47.7 Å². The highest BCUT2D eigenvalue weighted by molar-refractivity contribution is 5.41. The van der Waals surface area contributed by atoms with Gasteiger partial charge in [-0.1, -0.05) is 12.1 Å². The van der Waals surface area contributed by atoms with E-state index in [9.17, 15) is 18.3 Å². The van der Waals surface area contributed by atoms with E-state index in [1.807, 2.05) is 0 Å².